The van der Waals surface area contributed by atoms with E-state index in [0.29, 0.717) is 24.0 Å². The molecule has 0 aliphatic heterocycles. The maximum atomic E-state index is 12.3. The highest BCUT2D eigenvalue weighted by atomic mass is 16.5. The number of aromatic nitrogens is 2. The minimum atomic E-state index is -0.213. The zero-order valence-corrected chi connectivity index (χ0v) is 16.0. The molecule has 0 saturated carbocycles. The second-order valence-electron chi connectivity index (χ2n) is 6.87. The molecule has 3 rings (SSSR count). The standard InChI is InChI=1S/C22H25N3O2/c1-16(2)20-10-9-19(13-17(20)3)27-15-22(26)24-21-11-12-23-25(21)14-18-7-5-4-6-8-18/h4-13,16H,14-15H2,1-3H3,(H,24,26). The monoisotopic (exact) mass is 363 g/mol. The molecule has 2 aromatic carbocycles. The first-order valence-electron chi connectivity index (χ1n) is 9.12. The lowest BCUT2D eigenvalue weighted by atomic mass is 9.98. The quantitative estimate of drug-likeness (QED) is 0.678. The average molecular weight is 363 g/mol. The van der Waals surface area contributed by atoms with E-state index in [-0.39, 0.29) is 12.5 Å². The Bertz CT molecular complexity index is 901. The largest absolute Gasteiger partial charge is 0.484 e. The molecule has 0 unspecified atom stereocenters. The van der Waals surface area contributed by atoms with Gasteiger partial charge in [0.1, 0.15) is 11.6 Å². The summed E-state index contributed by atoms with van der Waals surface area (Å²) in [5.41, 5.74) is 3.58. The van der Waals surface area contributed by atoms with Gasteiger partial charge >= 0.3 is 0 Å². The highest BCUT2D eigenvalue weighted by Crippen LogP contribution is 2.23. The molecule has 0 aliphatic rings. The van der Waals surface area contributed by atoms with E-state index in [1.54, 1.807) is 16.9 Å². The van der Waals surface area contributed by atoms with Crippen LogP contribution in [0.2, 0.25) is 0 Å². The maximum absolute atomic E-state index is 12.3. The van der Waals surface area contributed by atoms with Crippen LogP contribution < -0.4 is 10.1 Å². The third-order valence-corrected chi connectivity index (χ3v) is 4.39. The summed E-state index contributed by atoms with van der Waals surface area (Å²) in [7, 11) is 0. The van der Waals surface area contributed by atoms with Crippen molar-refractivity contribution in [3.05, 3.63) is 77.5 Å². The van der Waals surface area contributed by atoms with Gasteiger partial charge in [0.25, 0.3) is 5.91 Å². The number of carbonyl (C=O) groups is 1. The number of carbonyl (C=O) groups excluding carboxylic acids is 1. The predicted octanol–water partition coefficient (Wildman–Crippen LogP) is 4.38. The molecular formula is C22H25N3O2. The van der Waals surface area contributed by atoms with Crippen molar-refractivity contribution in [2.45, 2.75) is 33.2 Å². The van der Waals surface area contributed by atoms with Gasteiger partial charge in [-0.05, 0) is 41.7 Å². The number of benzene rings is 2. The Morgan fingerprint density at radius 2 is 1.93 bits per heavy atom. The molecule has 0 spiro atoms. The molecule has 1 aromatic heterocycles. The molecule has 1 amide bonds. The average Bonchev–Trinajstić information content (AvgIpc) is 3.07. The molecule has 0 aliphatic carbocycles. The Morgan fingerprint density at radius 1 is 1.15 bits per heavy atom. The van der Waals surface area contributed by atoms with Crippen LogP contribution >= 0.6 is 0 Å². The van der Waals surface area contributed by atoms with Crippen molar-refractivity contribution in [1.29, 1.82) is 0 Å². The number of hydrogen-bond donors (Lipinski definition) is 1. The van der Waals surface area contributed by atoms with E-state index in [4.69, 9.17) is 4.74 Å². The Hall–Kier alpha value is -3.08. The van der Waals surface area contributed by atoms with Crippen LogP contribution in [0.4, 0.5) is 5.82 Å². The maximum Gasteiger partial charge on any atom is 0.263 e. The summed E-state index contributed by atoms with van der Waals surface area (Å²) >= 11 is 0. The lowest BCUT2D eigenvalue weighted by Crippen LogP contribution is -2.22. The van der Waals surface area contributed by atoms with Gasteiger partial charge in [0.2, 0.25) is 0 Å². The van der Waals surface area contributed by atoms with E-state index in [2.05, 4.69) is 37.3 Å². The summed E-state index contributed by atoms with van der Waals surface area (Å²) in [6, 6.07) is 17.7. The lowest BCUT2D eigenvalue weighted by Gasteiger charge is -2.13. The first kappa shape index (κ1) is 18.7. The molecular weight excluding hydrogens is 338 g/mol. The molecule has 140 valence electrons. The van der Waals surface area contributed by atoms with Gasteiger partial charge < -0.3 is 10.1 Å². The van der Waals surface area contributed by atoms with E-state index < -0.39 is 0 Å². The third kappa shape index (κ3) is 4.97. The van der Waals surface area contributed by atoms with Gasteiger partial charge in [-0.15, -0.1) is 0 Å². The minimum Gasteiger partial charge on any atom is -0.484 e. The van der Waals surface area contributed by atoms with Gasteiger partial charge in [-0.3, -0.25) is 4.79 Å². The van der Waals surface area contributed by atoms with E-state index in [9.17, 15) is 4.79 Å². The van der Waals surface area contributed by atoms with Crippen molar-refractivity contribution in [1.82, 2.24) is 9.78 Å². The second-order valence-corrected chi connectivity index (χ2v) is 6.87. The summed E-state index contributed by atoms with van der Waals surface area (Å²) in [5.74, 6) is 1.60. The van der Waals surface area contributed by atoms with Crippen molar-refractivity contribution in [3.8, 4) is 5.75 Å². The number of anilines is 1. The molecule has 3 aromatic rings. The number of aryl methyl sites for hydroxylation is 1. The fourth-order valence-electron chi connectivity index (χ4n) is 3.03. The summed E-state index contributed by atoms with van der Waals surface area (Å²) < 4.78 is 7.41. The molecule has 0 bridgehead atoms. The summed E-state index contributed by atoms with van der Waals surface area (Å²) in [6.45, 7) is 6.94. The Kier molecular flexibility index (Phi) is 5.91. The number of nitrogens with one attached hydrogen (secondary N) is 1. The Balaban J connectivity index is 1.57. The third-order valence-electron chi connectivity index (χ3n) is 4.39. The van der Waals surface area contributed by atoms with Crippen LogP contribution in [0.3, 0.4) is 0 Å². The normalized spacial score (nSPS) is 10.8. The van der Waals surface area contributed by atoms with Crippen LogP contribution in [-0.4, -0.2) is 22.3 Å². The summed E-state index contributed by atoms with van der Waals surface area (Å²) in [5, 5.41) is 7.14. The van der Waals surface area contributed by atoms with Crippen LogP contribution in [0.25, 0.3) is 0 Å². The van der Waals surface area contributed by atoms with Crippen molar-refractivity contribution >= 4 is 11.7 Å². The molecule has 5 heteroatoms. The van der Waals surface area contributed by atoms with Crippen molar-refractivity contribution < 1.29 is 9.53 Å². The number of nitrogens with zero attached hydrogens (tertiary/aromatic N) is 2. The van der Waals surface area contributed by atoms with Gasteiger partial charge in [0.05, 0.1) is 12.7 Å². The second kappa shape index (κ2) is 8.54. The van der Waals surface area contributed by atoms with Crippen molar-refractivity contribution in [2.75, 3.05) is 11.9 Å². The highest BCUT2D eigenvalue weighted by molar-refractivity contribution is 5.91. The predicted molar refractivity (Wildman–Crippen MR) is 107 cm³/mol. The van der Waals surface area contributed by atoms with Gasteiger partial charge in [-0.1, -0.05) is 50.2 Å². The minimum absolute atomic E-state index is 0.0447. The van der Waals surface area contributed by atoms with Gasteiger partial charge in [-0.25, -0.2) is 4.68 Å². The number of ether oxygens (including phenoxy) is 1. The molecule has 27 heavy (non-hydrogen) atoms. The van der Waals surface area contributed by atoms with E-state index in [0.717, 1.165) is 5.56 Å². The van der Waals surface area contributed by atoms with Gasteiger partial charge in [0, 0.05) is 6.07 Å². The molecule has 0 saturated heterocycles. The molecule has 0 fully saturated rings. The van der Waals surface area contributed by atoms with Gasteiger partial charge in [-0.2, -0.15) is 5.10 Å². The first-order chi connectivity index (χ1) is 13.0. The first-order valence-corrected chi connectivity index (χ1v) is 9.12. The van der Waals surface area contributed by atoms with Crippen LogP contribution in [-0.2, 0) is 11.3 Å². The fourth-order valence-corrected chi connectivity index (χ4v) is 3.03. The van der Waals surface area contributed by atoms with Gasteiger partial charge in [0.15, 0.2) is 6.61 Å². The molecule has 0 atom stereocenters. The van der Waals surface area contributed by atoms with Crippen LogP contribution in [0.15, 0.2) is 60.8 Å². The number of rotatable bonds is 7. The highest BCUT2D eigenvalue weighted by Gasteiger charge is 2.10. The van der Waals surface area contributed by atoms with Crippen molar-refractivity contribution in [2.24, 2.45) is 0 Å². The lowest BCUT2D eigenvalue weighted by molar-refractivity contribution is -0.118. The van der Waals surface area contributed by atoms with E-state index in [1.165, 1.54) is 11.1 Å². The number of hydrogen-bond acceptors (Lipinski definition) is 3. The summed E-state index contributed by atoms with van der Waals surface area (Å²) in [4.78, 5) is 12.3. The molecule has 1 heterocycles. The molecule has 0 radical (unpaired) electrons. The number of amides is 1. The van der Waals surface area contributed by atoms with Crippen LogP contribution in [0.1, 0.15) is 36.5 Å². The van der Waals surface area contributed by atoms with Crippen LogP contribution in [0, 0.1) is 6.92 Å². The van der Waals surface area contributed by atoms with E-state index in [1.807, 2.05) is 42.5 Å². The van der Waals surface area contributed by atoms with Crippen LogP contribution in [0.5, 0.6) is 5.75 Å². The molecule has 1 N–H and O–H groups in total. The Morgan fingerprint density at radius 3 is 2.63 bits per heavy atom. The molecule has 5 nitrogen and oxygen atoms in total. The van der Waals surface area contributed by atoms with Crippen molar-refractivity contribution in [3.63, 3.8) is 0 Å². The zero-order chi connectivity index (χ0) is 19.2. The smallest absolute Gasteiger partial charge is 0.263 e. The summed E-state index contributed by atoms with van der Waals surface area (Å²) in [6.07, 6.45) is 1.67. The SMILES string of the molecule is Cc1cc(OCC(=O)Nc2ccnn2Cc2ccccc2)ccc1C(C)C. The Labute approximate surface area is 160 Å². The fraction of sp³-hybridized carbons (Fsp3) is 0.273. The zero-order valence-electron chi connectivity index (χ0n) is 16.0. The topological polar surface area (TPSA) is 56.1 Å². The van der Waals surface area contributed by atoms with E-state index >= 15 is 0 Å².